The molecule has 34 heavy (non-hydrogen) atoms. The summed E-state index contributed by atoms with van der Waals surface area (Å²) in [6.07, 6.45) is -0.531. The van der Waals surface area contributed by atoms with Gasteiger partial charge in [0.15, 0.2) is 5.76 Å². The molecule has 3 heterocycles. The average molecular weight is 498 g/mol. The topological polar surface area (TPSA) is 56.8 Å². The van der Waals surface area contributed by atoms with Gasteiger partial charge < -0.3 is 18.9 Å². The van der Waals surface area contributed by atoms with Crippen LogP contribution < -0.4 is 10.2 Å². The van der Waals surface area contributed by atoms with E-state index in [9.17, 15) is 5.11 Å². The van der Waals surface area contributed by atoms with Crippen LogP contribution in [0.5, 0.6) is 5.75 Å². The van der Waals surface area contributed by atoms with Crippen LogP contribution >= 0.6 is 23.2 Å². The number of nitrogens with zero attached hydrogens (tertiary/aromatic N) is 1. The molecule has 5 nitrogen and oxygen atoms in total. The number of halogens is 2. The molecule has 0 fully saturated rings. The Morgan fingerprint density at radius 1 is 1.03 bits per heavy atom. The van der Waals surface area contributed by atoms with Crippen LogP contribution in [0, 0.1) is 6.92 Å². The van der Waals surface area contributed by atoms with Crippen LogP contribution in [-0.2, 0) is 4.65 Å². The van der Waals surface area contributed by atoms with Crippen molar-refractivity contribution in [1.82, 2.24) is 4.57 Å². The van der Waals surface area contributed by atoms with Crippen molar-refractivity contribution in [3.8, 4) is 17.0 Å². The lowest BCUT2D eigenvalue weighted by Gasteiger charge is -2.37. The summed E-state index contributed by atoms with van der Waals surface area (Å²) in [5.41, 5.74) is 1.84. The molecule has 1 atom stereocenters. The first-order valence-electron chi connectivity index (χ1n) is 11.2. The molecule has 1 aliphatic rings. The minimum atomic E-state index is -0.990. The second-order valence-electron chi connectivity index (χ2n) is 9.80. The minimum absolute atomic E-state index is 0.324. The van der Waals surface area contributed by atoms with Gasteiger partial charge in [0.25, 0.3) is 0 Å². The first-order chi connectivity index (χ1) is 16.0. The minimum Gasteiger partial charge on any atom is -0.462 e. The van der Waals surface area contributed by atoms with E-state index >= 15 is 0 Å². The molecule has 0 radical (unpaired) electrons. The number of aliphatic hydroxyl groups is 1. The second-order valence-corrected chi connectivity index (χ2v) is 10.6. The van der Waals surface area contributed by atoms with E-state index in [4.69, 9.17) is 37.0 Å². The Kier molecular flexibility index (Phi) is 5.56. The molecule has 0 spiro atoms. The molecule has 5 rings (SSSR count). The second kappa shape index (κ2) is 8.09. The molecule has 176 valence electrons. The lowest BCUT2D eigenvalue weighted by Crippen LogP contribution is -2.49. The zero-order valence-electron chi connectivity index (χ0n) is 19.8. The van der Waals surface area contributed by atoms with Gasteiger partial charge in [-0.25, -0.2) is 0 Å². The molecule has 0 aliphatic carbocycles. The van der Waals surface area contributed by atoms with Gasteiger partial charge in [-0.2, -0.15) is 0 Å². The smallest absolute Gasteiger partial charge is 0.309 e. The van der Waals surface area contributed by atoms with Gasteiger partial charge in [-0.15, -0.1) is 0 Å². The van der Waals surface area contributed by atoms with Crippen LogP contribution in [0.2, 0.25) is 10.0 Å². The van der Waals surface area contributed by atoms with Crippen molar-refractivity contribution in [2.45, 2.75) is 52.0 Å². The van der Waals surface area contributed by atoms with Gasteiger partial charge in [0.2, 0.25) is 6.23 Å². The Hall–Kier alpha value is -2.38. The highest BCUT2D eigenvalue weighted by Gasteiger charge is 2.37. The van der Waals surface area contributed by atoms with Crippen molar-refractivity contribution in [1.29, 1.82) is 0 Å². The average Bonchev–Trinajstić information content (AvgIpc) is 3.32. The monoisotopic (exact) mass is 497 g/mol. The first-order valence-corrected chi connectivity index (χ1v) is 11.9. The van der Waals surface area contributed by atoms with E-state index < -0.39 is 17.4 Å². The molecule has 4 aromatic rings. The van der Waals surface area contributed by atoms with Crippen molar-refractivity contribution in [3.63, 3.8) is 0 Å². The van der Waals surface area contributed by atoms with Crippen LogP contribution in [0.15, 0.2) is 52.9 Å². The van der Waals surface area contributed by atoms with Crippen LogP contribution in [0.25, 0.3) is 22.2 Å². The highest BCUT2D eigenvalue weighted by Crippen LogP contribution is 2.48. The maximum absolute atomic E-state index is 10.4. The van der Waals surface area contributed by atoms with Gasteiger partial charge in [0.1, 0.15) is 11.5 Å². The molecule has 0 bridgehead atoms. The zero-order valence-corrected chi connectivity index (χ0v) is 21.3. The van der Waals surface area contributed by atoms with Crippen molar-refractivity contribution in [2.75, 3.05) is 0 Å². The van der Waals surface area contributed by atoms with E-state index in [1.165, 1.54) is 0 Å². The fourth-order valence-corrected chi connectivity index (χ4v) is 4.59. The number of hydrogen-bond donors (Lipinski definition) is 1. The van der Waals surface area contributed by atoms with Crippen molar-refractivity contribution in [2.24, 2.45) is 0 Å². The number of rotatable bonds is 5. The number of hydrogen-bond acceptors (Lipinski definition) is 4. The number of ether oxygens (including phenoxy) is 1. The van der Waals surface area contributed by atoms with Crippen LogP contribution in [0.3, 0.4) is 0 Å². The quantitative estimate of drug-likeness (QED) is 0.343. The third-order valence-electron chi connectivity index (χ3n) is 6.76. The third-order valence-corrected chi connectivity index (χ3v) is 7.37. The van der Waals surface area contributed by atoms with E-state index in [2.05, 4.69) is 4.57 Å². The van der Waals surface area contributed by atoms with Gasteiger partial charge >= 0.3 is 7.48 Å². The Balaban J connectivity index is 1.62. The van der Waals surface area contributed by atoms with E-state index in [1.54, 1.807) is 13.8 Å². The summed E-state index contributed by atoms with van der Waals surface area (Å²) in [7, 11) is 0.324. The van der Waals surface area contributed by atoms with Gasteiger partial charge in [-0.3, -0.25) is 4.57 Å². The highest BCUT2D eigenvalue weighted by atomic mass is 35.5. The SMILES string of the molecule is Cc1ccc(C2Oc3cc(BOC(C)(C)C(C)(C)O)ccc3-c3c(Cl)c4cc(Cl)ccc4n32)o1. The molecule has 0 saturated heterocycles. The maximum Gasteiger partial charge on any atom is 0.309 e. The van der Waals surface area contributed by atoms with Crippen molar-refractivity contribution in [3.05, 3.63) is 70.1 Å². The number of fused-ring (bicyclic) bond motifs is 5. The molecular weight excluding hydrogens is 472 g/mol. The Morgan fingerprint density at radius 2 is 1.79 bits per heavy atom. The van der Waals surface area contributed by atoms with E-state index in [-0.39, 0.29) is 0 Å². The lowest BCUT2D eigenvalue weighted by atomic mass is 9.82. The summed E-state index contributed by atoms with van der Waals surface area (Å²) >= 11 is 13.2. The number of furan rings is 1. The Bertz CT molecular complexity index is 1400. The molecule has 0 amide bonds. The Morgan fingerprint density at radius 3 is 2.47 bits per heavy atom. The van der Waals surface area contributed by atoms with E-state index in [0.717, 1.165) is 33.4 Å². The van der Waals surface area contributed by atoms with Crippen LogP contribution in [0.1, 0.15) is 45.4 Å². The molecule has 8 heteroatoms. The van der Waals surface area contributed by atoms with Crippen molar-refractivity contribution < 1.29 is 18.9 Å². The lowest BCUT2D eigenvalue weighted by molar-refractivity contribution is -0.0893. The van der Waals surface area contributed by atoms with Gasteiger partial charge in [-0.05, 0) is 82.5 Å². The number of benzene rings is 2. The van der Waals surface area contributed by atoms with Crippen LogP contribution in [0.4, 0.5) is 0 Å². The molecule has 1 aliphatic heterocycles. The summed E-state index contributed by atoms with van der Waals surface area (Å²) < 4.78 is 20.6. The van der Waals surface area contributed by atoms with Gasteiger partial charge in [0, 0.05) is 16.0 Å². The van der Waals surface area contributed by atoms with E-state index in [1.807, 2.05) is 69.3 Å². The first kappa shape index (κ1) is 23.4. The summed E-state index contributed by atoms with van der Waals surface area (Å²) in [5, 5.41) is 12.5. The standard InChI is InChI=1S/C26H26BCl2NO4/c1-14-6-11-20(32-14)24-30-19-10-8-16(28)13-18(19)22(29)23(30)17-9-7-15(12-21(17)33-24)27-34-26(4,5)25(2,3)31/h6-13,24,27,31H,1-5H3. The summed E-state index contributed by atoms with van der Waals surface area (Å²) in [6, 6.07) is 15.4. The largest absolute Gasteiger partial charge is 0.462 e. The van der Waals surface area contributed by atoms with E-state index in [0.29, 0.717) is 29.0 Å². The molecular formula is C26H26BCl2NO4. The summed E-state index contributed by atoms with van der Waals surface area (Å²) in [4.78, 5) is 0. The molecule has 2 aromatic carbocycles. The highest BCUT2D eigenvalue weighted by molar-refractivity contribution is 6.47. The maximum atomic E-state index is 10.4. The molecule has 0 saturated carbocycles. The predicted molar refractivity (Wildman–Crippen MR) is 138 cm³/mol. The number of aromatic nitrogens is 1. The summed E-state index contributed by atoms with van der Waals surface area (Å²) in [5.74, 6) is 2.16. The summed E-state index contributed by atoms with van der Waals surface area (Å²) in [6.45, 7) is 9.14. The zero-order chi connectivity index (χ0) is 24.4. The Labute approximate surface area is 209 Å². The number of aryl methyl sites for hydroxylation is 1. The fourth-order valence-electron chi connectivity index (χ4n) is 4.07. The van der Waals surface area contributed by atoms with Gasteiger partial charge in [-0.1, -0.05) is 29.3 Å². The molecule has 1 N–H and O–H groups in total. The third kappa shape index (κ3) is 3.83. The normalized spacial score (nSPS) is 15.7. The fraction of sp³-hybridized carbons (Fsp3) is 0.308. The van der Waals surface area contributed by atoms with Crippen molar-refractivity contribution >= 4 is 47.0 Å². The van der Waals surface area contributed by atoms with Crippen LogP contribution in [-0.4, -0.2) is 28.4 Å². The molecule has 2 aromatic heterocycles. The molecule has 1 unspecified atom stereocenters. The van der Waals surface area contributed by atoms with Gasteiger partial charge in [0.05, 0.1) is 27.4 Å². The predicted octanol–water partition coefficient (Wildman–Crippen LogP) is 6.00.